The highest BCUT2D eigenvalue weighted by molar-refractivity contribution is 5.65. The lowest BCUT2D eigenvalue weighted by molar-refractivity contribution is 0.142. The smallest absolute Gasteiger partial charge is 0.504 e. The third kappa shape index (κ3) is 5.77. The van der Waals surface area contributed by atoms with E-state index >= 15 is 0 Å². The zero-order valence-electron chi connectivity index (χ0n) is 14.7. The summed E-state index contributed by atoms with van der Waals surface area (Å²) in [7, 11) is 0. The number of ether oxygens (including phenoxy) is 1. The van der Waals surface area contributed by atoms with Crippen molar-refractivity contribution in [2.75, 3.05) is 0 Å². The van der Waals surface area contributed by atoms with Gasteiger partial charge in [0.15, 0.2) is 11.5 Å². The lowest BCUT2D eigenvalue weighted by atomic mass is 9.90. The van der Waals surface area contributed by atoms with Gasteiger partial charge in [0.25, 0.3) is 0 Å². The van der Waals surface area contributed by atoms with Gasteiger partial charge in [-0.25, -0.2) is 4.79 Å². The highest BCUT2D eigenvalue weighted by Gasteiger charge is 2.19. The van der Waals surface area contributed by atoms with E-state index in [1.807, 2.05) is 0 Å². The number of aryl methyl sites for hydroxylation is 1. The molecule has 130 valence electrons. The molecule has 0 saturated carbocycles. The summed E-state index contributed by atoms with van der Waals surface area (Å²) in [6.45, 7) is 6.39. The molecule has 0 aliphatic heterocycles. The molecule has 0 amide bonds. The van der Waals surface area contributed by atoms with Crippen molar-refractivity contribution in [2.45, 2.75) is 78.6 Å². The van der Waals surface area contributed by atoms with E-state index in [0.29, 0.717) is 0 Å². The van der Waals surface area contributed by atoms with Crippen molar-refractivity contribution in [3.05, 3.63) is 22.8 Å². The topological polar surface area (TPSA) is 66.8 Å². The average molecular weight is 322 g/mol. The lowest BCUT2D eigenvalue weighted by Gasteiger charge is -2.18. The van der Waals surface area contributed by atoms with Crippen LogP contribution < -0.4 is 4.74 Å². The van der Waals surface area contributed by atoms with Gasteiger partial charge in [0.1, 0.15) is 0 Å². The van der Waals surface area contributed by atoms with Crippen molar-refractivity contribution in [1.82, 2.24) is 0 Å². The molecule has 1 rings (SSSR count). The van der Waals surface area contributed by atoms with Crippen LogP contribution in [0, 0.1) is 0 Å². The first-order valence-corrected chi connectivity index (χ1v) is 8.82. The third-order valence-corrected chi connectivity index (χ3v) is 4.10. The standard InChI is InChI=1S/C19H30O4/c1-4-7-9-11-14-13-17(23-19(21)22)18(20)16(12-8-5-2)15(14)10-6-3/h13,20H,4-12H2,1-3H3,(H,21,22). The van der Waals surface area contributed by atoms with Crippen LogP contribution in [-0.4, -0.2) is 16.4 Å². The van der Waals surface area contributed by atoms with E-state index in [-0.39, 0.29) is 11.5 Å². The van der Waals surface area contributed by atoms with Crippen LogP contribution in [0.4, 0.5) is 4.79 Å². The maximum atomic E-state index is 10.9. The Morgan fingerprint density at radius 3 is 2.22 bits per heavy atom. The molecule has 2 N–H and O–H groups in total. The minimum Gasteiger partial charge on any atom is -0.504 e. The van der Waals surface area contributed by atoms with E-state index in [0.717, 1.165) is 68.9 Å². The highest BCUT2D eigenvalue weighted by Crippen LogP contribution is 2.37. The second-order valence-corrected chi connectivity index (χ2v) is 6.02. The van der Waals surface area contributed by atoms with Crippen molar-refractivity contribution in [1.29, 1.82) is 0 Å². The predicted molar refractivity (Wildman–Crippen MR) is 92.6 cm³/mol. The van der Waals surface area contributed by atoms with E-state index in [4.69, 9.17) is 9.84 Å². The van der Waals surface area contributed by atoms with Crippen LogP contribution in [0.1, 0.15) is 76.0 Å². The third-order valence-electron chi connectivity index (χ3n) is 4.10. The molecule has 1 aromatic carbocycles. The molecule has 0 aromatic heterocycles. The van der Waals surface area contributed by atoms with Gasteiger partial charge in [0.05, 0.1) is 0 Å². The zero-order chi connectivity index (χ0) is 17.2. The summed E-state index contributed by atoms with van der Waals surface area (Å²) in [6, 6.07) is 1.72. The Labute approximate surface area is 139 Å². The minimum atomic E-state index is -1.38. The number of hydrogen-bond donors (Lipinski definition) is 2. The summed E-state index contributed by atoms with van der Waals surface area (Å²) < 4.78 is 4.81. The zero-order valence-corrected chi connectivity index (χ0v) is 14.7. The molecule has 0 unspecified atom stereocenters. The fourth-order valence-electron chi connectivity index (χ4n) is 2.94. The van der Waals surface area contributed by atoms with Gasteiger partial charge in [0, 0.05) is 5.56 Å². The van der Waals surface area contributed by atoms with Crippen LogP contribution in [0.25, 0.3) is 0 Å². The number of hydrogen-bond acceptors (Lipinski definition) is 3. The van der Waals surface area contributed by atoms with E-state index in [9.17, 15) is 9.90 Å². The number of carbonyl (C=O) groups is 1. The molecule has 0 aliphatic carbocycles. The van der Waals surface area contributed by atoms with Gasteiger partial charge in [0.2, 0.25) is 0 Å². The molecule has 0 aliphatic rings. The van der Waals surface area contributed by atoms with Crippen LogP contribution in [0.2, 0.25) is 0 Å². The molecule has 0 saturated heterocycles. The first-order valence-electron chi connectivity index (χ1n) is 8.82. The quantitative estimate of drug-likeness (QED) is 0.340. The minimum absolute atomic E-state index is 0.00328. The van der Waals surface area contributed by atoms with E-state index in [1.54, 1.807) is 6.07 Å². The molecule has 1 aromatic rings. The Bertz CT molecular complexity index is 509. The van der Waals surface area contributed by atoms with Crippen LogP contribution in [-0.2, 0) is 19.3 Å². The van der Waals surface area contributed by atoms with E-state index < -0.39 is 6.16 Å². The van der Waals surface area contributed by atoms with Crippen LogP contribution in [0.5, 0.6) is 11.5 Å². The Hall–Kier alpha value is -1.71. The first kappa shape index (κ1) is 19.3. The maximum Gasteiger partial charge on any atom is 0.511 e. The van der Waals surface area contributed by atoms with Gasteiger partial charge in [-0.05, 0) is 49.3 Å². The Morgan fingerprint density at radius 1 is 0.957 bits per heavy atom. The van der Waals surface area contributed by atoms with E-state index in [2.05, 4.69) is 20.8 Å². The number of benzene rings is 1. The van der Waals surface area contributed by atoms with Gasteiger partial charge in [-0.3, -0.25) is 0 Å². The second-order valence-electron chi connectivity index (χ2n) is 6.02. The normalized spacial score (nSPS) is 10.7. The summed E-state index contributed by atoms with van der Waals surface area (Å²) in [5, 5.41) is 19.4. The summed E-state index contributed by atoms with van der Waals surface area (Å²) in [6.07, 6.45) is 7.53. The predicted octanol–water partition coefficient (Wildman–Crippen LogP) is 5.48. The lowest BCUT2D eigenvalue weighted by Crippen LogP contribution is -2.08. The Balaban J connectivity index is 3.28. The Kier molecular flexibility index (Phi) is 8.52. The highest BCUT2D eigenvalue weighted by atomic mass is 16.7. The largest absolute Gasteiger partial charge is 0.511 e. The molecule has 4 heteroatoms. The van der Waals surface area contributed by atoms with Gasteiger partial charge < -0.3 is 14.9 Å². The molecule has 0 radical (unpaired) electrons. The van der Waals surface area contributed by atoms with Gasteiger partial charge in [-0.2, -0.15) is 0 Å². The summed E-state index contributed by atoms with van der Waals surface area (Å²) in [4.78, 5) is 10.9. The van der Waals surface area contributed by atoms with Crippen molar-refractivity contribution in [3.8, 4) is 11.5 Å². The fraction of sp³-hybridized carbons (Fsp3) is 0.632. The fourth-order valence-corrected chi connectivity index (χ4v) is 2.94. The van der Waals surface area contributed by atoms with Crippen molar-refractivity contribution in [3.63, 3.8) is 0 Å². The summed E-state index contributed by atoms with van der Waals surface area (Å²) >= 11 is 0. The number of phenols is 1. The van der Waals surface area contributed by atoms with Crippen molar-refractivity contribution < 1.29 is 19.7 Å². The molecule has 0 heterocycles. The van der Waals surface area contributed by atoms with Crippen molar-refractivity contribution >= 4 is 6.16 Å². The molecular formula is C19H30O4. The first-order chi connectivity index (χ1) is 11.0. The van der Waals surface area contributed by atoms with Crippen LogP contribution >= 0.6 is 0 Å². The van der Waals surface area contributed by atoms with Gasteiger partial charge >= 0.3 is 6.16 Å². The molecule has 4 nitrogen and oxygen atoms in total. The van der Waals surface area contributed by atoms with Gasteiger partial charge in [-0.1, -0.05) is 46.5 Å². The SMILES string of the molecule is CCCCCc1cc(OC(=O)O)c(O)c(CCCC)c1CCC. The molecule has 0 spiro atoms. The van der Waals surface area contributed by atoms with E-state index in [1.165, 1.54) is 5.56 Å². The number of aromatic hydroxyl groups is 1. The number of carboxylic acid groups (broad SMARTS) is 1. The maximum absolute atomic E-state index is 10.9. The van der Waals surface area contributed by atoms with Crippen LogP contribution in [0.3, 0.4) is 0 Å². The summed E-state index contributed by atoms with van der Waals surface area (Å²) in [5.74, 6) is 0.0819. The summed E-state index contributed by atoms with van der Waals surface area (Å²) in [5.41, 5.74) is 3.19. The number of phenolic OH excluding ortho intramolecular Hbond substituents is 1. The molecule has 0 fully saturated rings. The second kappa shape index (κ2) is 10.1. The monoisotopic (exact) mass is 322 g/mol. The molecule has 23 heavy (non-hydrogen) atoms. The van der Waals surface area contributed by atoms with Crippen LogP contribution in [0.15, 0.2) is 6.07 Å². The average Bonchev–Trinajstić information content (AvgIpc) is 2.51. The molecule has 0 bridgehead atoms. The number of unbranched alkanes of at least 4 members (excludes halogenated alkanes) is 3. The number of rotatable bonds is 10. The van der Waals surface area contributed by atoms with Crippen molar-refractivity contribution in [2.24, 2.45) is 0 Å². The van der Waals surface area contributed by atoms with Gasteiger partial charge in [-0.15, -0.1) is 0 Å². The Morgan fingerprint density at radius 2 is 1.65 bits per heavy atom. The molecule has 0 atom stereocenters. The molecular weight excluding hydrogens is 292 g/mol.